The number of hydrogen-bond donors (Lipinski definition) is 1. The predicted molar refractivity (Wildman–Crippen MR) is 72.0 cm³/mol. The highest BCUT2D eigenvalue weighted by Gasteiger charge is 2.56. The Balaban J connectivity index is 1.77. The fourth-order valence-electron chi connectivity index (χ4n) is 3.39. The van der Waals surface area contributed by atoms with Crippen LogP contribution in [0.15, 0.2) is 22.7 Å². The minimum Gasteiger partial charge on any atom is -0.489 e. The van der Waals surface area contributed by atoms with E-state index in [1.165, 1.54) is 25.0 Å². The van der Waals surface area contributed by atoms with Crippen molar-refractivity contribution in [2.75, 3.05) is 0 Å². The van der Waals surface area contributed by atoms with Gasteiger partial charge in [-0.05, 0) is 47.0 Å². The Kier molecular flexibility index (Phi) is 3.10. The van der Waals surface area contributed by atoms with E-state index in [0.717, 1.165) is 25.0 Å². The summed E-state index contributed by atoms with van der Waals surface area (Å²) in [7, 11) is 0. The highest BCUT2D eigenvalue weighted by Crippen LogP contribution is 2.54. The number of halogens is 2. The summed E-state index contributed by atoms with van der Waals surface area (Å²) < 4.78 is 19.8. The molecule has 1 aromatic rings. The first-order chi connectivity index (χ1) is 8.62. The summed E-state index contributed by atoms with van der Waals surface area (Å²) in [4.78, 5) is 0. The van der Waals surface area contributed by atoms with Crippen molar-refractivity contribution in [2.24, 2.45) is 11.1 Å². The van der Waals surface area contributed by atoms with Gasteiger partial charge in [-0.2, -0.15) is 0 Å². The first-order valence-corrected chi connectivity index (χ1v) is 7.28. The number of hydrogen-bond acceptors (Lipinski definition) is 2. The molecule has 0 bridgehead atoms. The topological polar surface area (TPSA) is 35.2 Å². The van der Waals surface area contributed by atoms with Crippen molar-refractivity contribution in [3.05, 3.63) is 28.5 Å². The van der Waals surface area contributed by atoms with E-state index in [-0.39, 0.29) is 23.4 Å². The molecule has 2 atom stereocenters. The van der Waals surface area contributed by atoms with Crippen LogP contribution in [0.3, 0.4) is 0 Å². The second kappa shape index (κ2) is 4.49. The van der Waals surface area contributed by atoms with E-state index < -0.39 is 0 Å². The Bertz CT molecular complexity index is 459. The van der Waals surface area contributed by atoms with Crippen molar-refractivity contribution in [1.29, 1.82) is 0 Å². The molecular weight excluding hydrogens is 297 g/mol. The van der Waals surface area contributed by atoms with E-state index in [1.54, 1.807) is 6.07 Å². The normalized spacial score (nSPS) is 29.3. The Hall–Kier alpha value is -0.610. The van der Waals surface area contributed by atoms with Gasteiger partial charge in [0.1, 0.15) is 17.7 Å². The number of nitrogens with two attached hydrogens (primary N) is 1. The van der Waals surface area contributed by atoms with Crippen molar-refractivity contribution >= 4 is 15.9 Å². The van der Waals surface area contributed by atoms with Crippen molar-refractivity contribution in [2.45, 2.75) is 44.2 Å². The van der Waals surface area contributed by atoms with Crippen molar-refractivity contribution in [1.82, 2.24) is 0 Å². The third kappa shape index (κ3) is 1.86. The summed E-state index contributed by atoms with van der Waals surface area (Å²) in [5.41, 5.74) is 6.35. The zero-order chi connectivity index (χ0) is 12.8. The molecule has 2 N–H and O–H groups in total. The van der Waals surface area contributed by atoms with Crippen LogP contribution in [0, 0.1) is 11.2 Å². The molecule has 1 spiro atoms. The summed E-state index contributed by atoms with van der Waals surface area (Å²) in [6.45, 7) is 0. The van der Waals surface area contributed by atoms with Crippen LogP contribution in [-0.4, -0.2) is 12.1 Å². The van der Waals surface area contributed by atoms with Gasteiger partial charge in [-0.25, -0.2) is 4.39 Å². The zero-order valence-electron chi connectivity index (χ0n) is 10.2. The second-order valence-electron chi connectivity index (χ2n) is 5.46. The van der Waals surface area contributed by atoms with Crippen molar-refractivity contribution < 1.29 is 9.13 Å². The summed E-state index contributed by atoms with van der Waals surface area (Å²) in [6, 6.07) is 4.82. The summed E-state index contributed by atoms with van der Waals surface area (Å²) in [6.07, 6.45) is 5.92. The molecule has 2 fully saturated rings. The first kappa shape index (κ1) is 12.4. The third-order valence-corrected chi connectivity index (χ3v) is 5.17. The fraction of sp³-hybridized carbons (Fsp3) is 0.571. The summed E-state index contributed by atoms with van der Waals surface area (Å²) in [5.74, 6) is 0.467. The second-order valence-corrected chi connectivity index (χ2v) is 6.32. The molecule has 0 radical (unpaired) electrons. The maximum absolute atomic E-state index is 13.0. The summed E-state index contributed by atoms with van der Waals surface area (Å²) in [5, 5.41) is 0. The molecule has 0 aromatic heterocycles. The molecule has 2 unspecified atom stereocenters. The van der Waals surface area contributed by atoms with Gasteiger partial charge < -0.3 is 10.5 Å². The smallest absolute Gasteiger partial charge is 0.134 e. The predicted octanol–water partition coefficient (Wildman–Crippen LogP) is 3.63. The molecule has 3 rings (SSSR count). The Morgan fingerprint density at radius 2 is 2.06 bits per heavy atom. The highest BCUT2D eigenvalue weighted by atomic mass is 79.9. The van der Waals surface area contributed by atoms with E-state index >= 15 is 0 Å². The van der Waals surface area contributed by atoms with E-state index in [0.29, 0.717) is 4.47 Å². The molecule has 0 saturated heterocycles. The molecule has 98 valence electrons. The van der Waals surface area contributed by atoms with Crippen LogP contribution in [-0.2, 0) is 0 Å². The van der Waals surface area contributed by atoms with Crippen molar-refractivity contribution in [3.63, 3.8) is 0 Å². The number of benzene rings is 1. The van der Waals surface area contributed by atoms with Gasteiger partial charge in [-0.1, -0.05) is 12.8 Å². The minimum atomic E-state index is -0.255. The van der Waals surface area contributed by atoms with Crippen LogP contribution in [0.5, 0.6) is 5.75 Å². The standard InChI is InChI=1S/C14H17BrFNO/c15-10-7-9(16)3-4-11(10)18-13-8-12(17)14(13)5-1-2-6-14/h3-4,7,12-13H,1-2,5-6,8,17H2. The van der Waals surface area contributed by atoms with Gasteiger partial charge >= 0.3 is 0 Å². The molecule has 2 aliphatic carbocycles. The lowest BCUT2D eigenvalue weighted by Gasteiger charge is -2.52. The Morgan fingerprint density at radius 1 is 1.33 bits per heavy atom. The quantitative estimate of drug-likeness (QED) is 0.905. The van der Waals surface area contributed by atoms with E-state index in [1.807, 2.05) is 0 Å². The molecular formula is C14H17BrFNO. The zero-order valence-corrected chi connectivity index (χ0v) is 11.7. The van der Waals surface area contributed by atoms with Crippen LogP contribution in [0.1, 0.15) is 32.1 Å². The molecule has 1 aromatic carbocycles. The average molecular weight is 314 g/mol. The fourth-order valence-corrected chi connectivity index (χ4v) is 3.84. The highest BCUT2D eigenvalue weighted by molar-refractivity contribution is 9.10. The monoisotopic (exact) mass is 313 g/mol. The van der Waals surface area contributed by atoms with Crippen LogP contribution in [0.25, 0.3) is 0 Å². The number of ether oxygens (including phenoxy) is 1. The first-order valence-electron chi connectivity index (χ1n) is 6.49. The third-order valence-electron chi connectivity index (χ3n) is 4.55. The van der Waals surface area contributed by atoms with Gasteiger partial charge in [0.2, 0.25) is 0 Å². The van der Waals surface area contributed by atoms with Crippen LogP contribution < -0.4 is 10.5 Å². The van der Waals surface area contributed by atoms with Gasteiger partial charge in [-0.3, -0.25) is 0 Å². The van der Waals surface area contributed by atoms with E-state index in [4.69, 9.17) is 10.5 Å². The maximum atomic E-state index is 13.0. The lowest BCUT2D eigenvalue weighted by Crippen LogP contribution is -2.62. The summed E-state index contributed by atoms with van der Waals surface area (Å²) >= 11 is 3.34. The van der Waals surface area contributed by atoms with Crippen LogP contribution >= 0.6 is 15.9 Å². The Morgan fingerprint density at radius 3 is 2.67 bits per heavy atom. The van der Waals surface area contributed by atoms with Gasteiger partial charge in [-0.15, -0.1) is 0 Å². The van der Waals surface area contributed by atoms with Crippen LogP contribution in [0.2, 0.25) is 0 Å². The maximum Gasteiger partial charge on any atom is 0.134 e. The molecule has 0 heterocycles. The molecule has 2 aliphatic rings. The minimum absolute atomic E-state index is 0.174. The largest absolute Gasteiger partial charge is 0.489 e. The molecule has 2 nitrogen and oxygen atoms in total. The van der Waals surface area contributed by atoms with Crippen molar-refractivity contribution in [3.8, 4) is 5.75 Å². The lowest BCUT2D eigenvalue weighted by atomic mass is 9.61. The molecule has 0 aliphatic heterocycles. The van der Waals surface area contributed by atoms with Gasteiger partial charge in [0.05, 0.1) is 4.47 Å². The van der Waals surface area contributed by atoms with Gasteiger partial charge in [0.25, 0.3) is 0 Å². The number of rotatable bonds is 2. The average Bonchev–Trinajstić information content (AvgIpc) is 2.83. The van der Waals surface area contributed by atoms with E-state index in [2.05, 4.69) is 15.9 Å². The molecule has 4 heteroatoms. The van der Waals surface area contributed by atoms with Gasteiger partial charge in [0.15, 0.2) is 0 Å². The Labute approximate surface area is 115 Å². The molecule has 0 amide bonds. The van der Waals surface area contributed by atoms with E-state index in [9.17, 15) is 4.39 Å². The lowest BCUT2D eigenvalue weighted by molar-refractivity contribution is -0.0624. The molecule has 18 heavy (non-hydrogen) atoms. The SMILES string of the molecule is NC1CC(Oc2ccc(F)cc2Br)C12CCCC2. The van der Waals surface area contributed by atoms with Crippen LogP contribution in [0.4, 0.5) is 4.39 Å². The van der Waals surface area contributed by atoms with Gasteiger partial charge in [0, 0.05) is 17.9 Å². The molecule has 2 saturated carbocycles.